The second-order valence-electron chi connectivity index (χ2n) is 6.74. The number of benzene rings is 1. The van der Waals surface area contributed by atoms with E-state index in [2.05, 4.69) is 11.7 Å². The largest absolute Gasteiger partial charge is 0.481 e. The van der Waals surface area contributed by atoms with Gasteiger partial charge in [0.25, 0.3) is 0 Å². The quantitative estimate of drug-likeness (QED) is 0.305. The average molecular weight is 407 g/mol. The lowest BCUT2D eigenvalue weighted by Gasteiger charge is -2.07. The number of carbonyl (C=O) groups is 2. The van der Waals surface area contributed by atoms with Crippen LogP contribution in [-0.4, -0.2) is 39.3 Å². The summed E-state index contributed by atoms with van der Waals surface area (Å²) in [6.45, 7) is 9.93. The number of allylic oxidation sites excluding steroid dienone is 1. The summed E-state index contributed by atoms with van der Waals surface area (Å²) in [6.07, 6.45) is 3.37. The number of ketones is 1. The lowest BCUT2D eigenvalue weighted by Crippen LogP contribution is -2.14. The third kappa shape index (κ3) is 4.35. The SMILES string of the molecule is C=CCn1c(C)cc(C(=O)COc2cn(-c3ccccc3)nc2C(=O)OCC)c1C. The first kappa shape index (κ1) is 21.1. The first-order valence-corrected chi connectivity index (χ1v) is 9.72. The van der Waals surface area contributed by atoms with E-state index in [9.17, 15) is 9.59 Å². The molecule has 0 aliphatic carbocycles. The summed E-state index contributed by atoms with van der Waals surface area (Å²) in [5.74, 6) is -0.579. The lowest BCUT2D eigenvalue weighted by atomic mass is 10.1. The molecular formula is C23H25N3O4. The second kappa shape index (κ2) is 9.26. The third-order valence-electron chi connectivity index (χ3n) is 4.71. The van der Waals surface area contributed by atoms with E-state index < -0.39 is 5.97 Å². The molecule has 30 heavy (non-hydrogen) atoms. The Bertz CT molecular complexity index is 1060. The Morgan fingerprint density at radius 2 is 1.93 bits per heavy atom. The molecule has 7 heteroatoms. The average Bonchev–Trinajstić information content (AvgIpc) is 3.30. The predicted molar refractivity (Wildman–Crippen MR) is 113 cm³/mol. The van der Waals surface area contributed by atoms with E-state index >= 15 is 0 Å². The summed E-state index contributed by atoms with van der Waals surface area (Å²) >= 11 is 0. The van der Waals surface area contributed by atoms with Gasteiger partial charge in [-0.3, -0.25) is 4.79 Å². The summed E-state index contributed by atoms with van der Waals surface area (Å²) in [7, 11) is 0. The van der Waals surface area contributed by atoms with Crippen molar-refractivity contribution < 1.29 is 19.1 Å². The molecule has 3 rings (SSSR count). The number of ether oxygens (including phenoxy) is 2. The number of aryl methyl sites for hydroxylation is 1. The molecule has 3 aromatic rings. The van der Waals surface area contributed by atoms with E-state index in [1.54, 1.807) is 19.2 Å². The maximum Gasteiger partial charge on any atom is 0.362 e. The van der Waals surface area contributed by atoms with Gasteiger partial charge in [0, 0.05) is 23.5 Å². The molecular weight excluding hydrogens is 382 g/mol. The molecule has 0 amide bonds. The van der Waals surface area contributed by atoms with Crippen LogP contribution >= 0.6 is 0 Å². The third-order valence-corrected chi connectivity index (χ3v) is 4.71. The minimum atomic E-state index is -0.598. The number of esters is 1. The van der Waals surface area contributed by atoms with Crippen LogP contribution in [0, 0.1) is 13.8 Å². The van der Waals surface area contributed by atoms with Gasteiger partial charge in [0.1, 0.15) is 0 Å². The van der Waals surface area contributed by atoms with Crippen molar-refractivity contribution >= 4 is 11.8 Å². The van der Waals surface area contributed by atoms with E-state index in [1.165, 1.54) is 4.68 Å². The molecule has 7 nitrogen and oxygen atoms in total. The molecule has 2 heterocycles. The first-order chi connectivity index (χ1) is 14.5. The van der Waals surface area contributed by atoms with Gasteiger partial charge in [-0.25, -0.2) is 9.48 Å². The van der Waals surface area contributed by atoms with E-state index in [0.717, 1.165) is 17.1 Å². The molecule has 0 aliphatic rings. The zero-order chi connectivity index (χ0) is 21.7. The van der Waals surface area contributed by atoms with Gasteiger partial charge in [0.05, 0.1) is 18.5 Å². The Balaban J connectivity index is 1.84. The minimum Gasteiger partial charge on any atom is -0.481 e. The van der Waals surface area contributed by atoms with Crippen molar-refractivity contribution in [1.29, 1.82) is 0 Å². The molecule has 0 aliphatic heterocycles. The maximum atomic E-state index is 12.8. The fraction of sp³-hybridized carbons (Fsp3) is 0.261. The number of para-hydroxylation sites is 1. The Morgan fingerprint density at radius 3 is 2.60 bits per heavy atom. The summed E-state index contributed by atoms with van der Waals surface area (Å²) in [6, 6.07) is 11.2. The van der Waals surface area contributed by atoms with Crippen LogP contribution < -0.4 is 4.74 Å². The van der Waals surface area contributed by atoms with Gasteiger partial charge in [0.2, 0.25) is 11.5 Å². The summed E-state index contributed by atoms with van der Waals surface area (Å²) in [4.78, 5) is 25.1. The smallest absolute Gasteiger partial charge is 0.362 e. The van der Waals surface area contributed by atoms with E-state index in [0.29, 0.717) is 12.1 Å². The zero-order valence-corrected chi connectivity index (χ0v) is 17.4. The van der Waals surface area contributed by atoms with Crippen molar-refractivity contribution in [1.82, 2.24) is 14.3 Å². The fourth-order valence-electron chi connectivity index (χ4n) is 3.23. The van der Waals surface area contributed by atoms with Crippen LogP contribution in [0.3, 0.4) is 0 Å². The minimum absolute atomic E-state index is 0.0330. The van der Waals surface area contributed by atoms with Gasteiger partial charge in [-0.15, -0.1) is 6.58 Å². The van der Waals surface area contributed by atoms with E-state index in [4.69, 9.17) is 9.47 Å². The van der Waals surface area contributed by atoms with Crippen LogP contribution in [0.1, 0.15) is 39.2 Å². The van der Waals surface area contributed by atoms with E-state index in [-0.39, 0.29) is 30.4 Å². The lowest BCUT2D eigenvalue weighted by molar-refractivity contribution is 0.0513. The maximum absolute atomic E-state index is 12.8. The molecule has 0 unspecified atom stereocenters. The molecule has 0 N–H and O–H groups in total. The number of hydrogen-bond donors (Lipinski definition) is 0. The Kier molecular flexibility index (Phi) is 6.51. The van der Waals surface area contributed by atoms with Gasteiger partial charge in [-0.1, -0.05) is 24.3 Å². The van der Waals surface area contributed by atoms with Crippen molar-refractivity contribution in [2.75, 3.05) is 13.2 Å². The molecule has 0 saturated carbocycles. The highest BCUT2D eigenvalue weighted by molar-refractivity contribution is 5.99. The second-order valence-corrected chi connectivity index (χ2v) is 6.74. The van der Waals surface area contributed by atoms with Crippen molar-refractivity contribution in [3.05, 3.63) is 77.9 Å². The molecule has 0 spiro atoms. The van der Waals surface area contributed by atoms with Gasteiger partial charge < -0.3 is 14.0 Å². The zero-order valence-electron chi connectivity index (χ0n) is 17.4. The predicted octanol–water partition coefficient (Wildman–Crippen LogP) is 3.92. The van der Waals surface area contributed by atoms with Gasteiger partial charge in [-0.05, 0) is 39.0 Å². The Hall–Kier alpha value is -3.61. The highest BCUT2D eigenvalue weighted by atomic mass is 16.5. The van der Waals surface area contributed by atoms with Gasteiger partial charge in [0.15, 0.2) is 12.4 Å². The van der Waals surface area contributed by atoms with Crippen molar-refractivity contribution in [2.45, 2.75) is 27.3 Å². The summed E-state index contributed by atoms with van der Waals surface area (Å²) in [5, 5.41) is 4.30. The topological polar surface area (TPSA) is 75.4 Å². The number of hydrogen-bond acceptors (Lipinski definition) is 5. The monoisotopic (exact) mass is 407 g/mol. The number of Topliss-reactive ketones (excluding diaryl/α,β-unsaturated/α-hetero) is 1. The van der Waals surface area contributed by atoms with Crippen molar-refractivity contribution in [3.8, 4) is 11.4 Å². The molecule has 156 valence electrons. The standard InChI is InChI=1S/C23H25N3O4/c1-5-12-25-16(3)13-19(17(25)4)20(27)15-30-21-14-26(18-10-8-7-9-11-18)24-22(21)23(28)29-6-2/h5,7-11,13-14H,1,6,12,15H2,2-4H3. The molecule has 2 aromatic heterocycles. The number of rotatable bonds is 9. The Morgan fingerprint density at radius 1 is 1.20 bits per heavy atom. The molecule has 0 radical (unpaired) electrons. The van der Waals surface area contributed by atoms with Crippen LogP contribution in [0.2, 0.25) is 0 Å². The van der Waals surface area contributed by atoms with Gasteiger partial charge in [-0.2, -0.15) is 5.10 Å². The normalized spacial score (nSPS) is 10.6. The van der Waals surface area contributed by atoms with Crippen LogP contribution in [0.4, 0.5) is 0 Å². The van der Waals surface area contributed by atoms with Crippen LogP contribution in [-0.2, 0) is 11.3 Å². The van der Waals surface area contributed by atoms with Crippen LogP contribution in [0.5, 0.6) is 5.75 Å². The molecule has 1 aromatic carbocycles. The van der Waals surface area contributed by atoms with Crippen LogP contribution in [0.25, 0.3) is 5.69 Å². The molecule has 0 fully saturated rings. The molecule has 0 atom stereocenters. The highest BCUT2D eigenvalue weighted by Crippen LogP contribution is 2.22. The highest BCUT2D eigenvalue weighted by Gasteiger charge is 2.22. The van der Waals surface area contributed by atoms with Crippen molar-refractivity contribution in [2.24, 2.45) is 0 Å². The van der Waals surface area contributed by atoms with Gasteiger partial charge >= 0.3 is 5.97 Å². The number of carbonyl (C=O) groups excluding carboxylic acids is 2. The van der Waals surface area contributed by atoms with Crippen LogP contribution in [0.15, 0.2) is 55.3 Å². The molecule has 0 bridgehead atoms. The fourth-order valence-corrected chi connectivity index (χ4v) is 3.23. The first-order valence-electron chi connectivity index (χ1n) is 9.72. The Labute approximate surface area is 175 Å². The summed E-state index contributed by atoms with van der Waals surface area (Å²) < 4.78 is 14.3. The number of aromatic nitrogens is 3. The number of nitrogens with zero attached hydrogens (tertiary/aromatic N) is 3. The summed E-state index contributed by atoms with van der Waals surface area (Å²) in [5.41, 5.74) is 3.21. The molecule has 0 saturated heterocycles. The van der Waals surface area contributed by atoms with Crippen molar-refractivity contribution in [3.63, 3.8) is 0 Å². The van der Waals surface area contributed by atoms with E-state index in [1.807, 2.05) is 54.8 Å².